The maximum Gasteiger partial charge on any atom is 0.213 e. The molecule has 0 aliphatic rings. The maximum atomic E-state index is 5.64. The van der Waals surface area contributed by atoms with Crippen molar-refractivity contribution in [2.24, 2.45) is 0 Å². The van der Waals surface area contributed by atoms with Crippen LogP contribution in [-0.2, 0) is 4.74 Å². The fourth-order valence-corrected chi connectivity index (χ4v) is 1.09. The number of nitrogens with zero attached hydrogens (tertiary/aromatic N) is 1. The average molecular weight is 196 g/mol. The number of nitrogen functional groups attached to an aromatic ring is 1. The van der Waals surface area contributed by atoms with Gasteiger partial charge in [0.1, 0.15) is 6.10 Å². The number of ether oxygens (including phenoxy) is 2. The molecule has 1 atom stereocenters. The van der Waals surface area contributed by atoms with Crippen molar-refractivity contribution < 1.29 is 9.47 Å². The van der Waals surface area contributed by atoms with Crippen LogP contribution in [0.1, 0.15) is 12.6 Å². The topological polar surface area (TPSA) is 57.4 Å². The molecule has 0 aromatic carbocycles. The predicted octanol–water partition coefficient (Wildman–Crippen LogP) is 1.39. The zero-order chi connectivity index (χ0) is 10.6. The zero-order valence-electron chi connectivity index (χ0n) is 8.78. The van der Waals surface area contributed by atoms with Gasteiger partial charge in [-0.25, -0.2) is 4.98 Å². The van der Waals surface area contributed by atoms with Crippen LogP contribution in [0.4, 0.5) is 5.69 Å². The normalized spacial score (nSPS) is 12.5. The molecule has 1 rings (SSSR count). The fraction of sp³-hybridized carbons (Fsp3) is 0.500. The van der Waals surface area contributed by atoms with Gasteiger partial charge in [0.05, 0.1) is 18.0 Å². The highest BCUT2D eigenvalue weighted by Crippen LogP contribution is 2.14. The molecule has 0 fully saturated rings. The zero-order valence-corrected chi connectivity index (χ0v) is 8.78. The molecule has 14 heavy (non-hydrogen) atoms. The molecule has 1 unspecified atom stereocenters. The number of aromatic nitrogens is 1. The number of pyridine rings is 1. The van der Waals surface area contributed by atoms with E-state index in [4.69, 9.17) is 15.2 Å². The first-order valence-corrected chi connectivity index (χ1v) is 4.52. The minimum absolute atomic E-state index is 0.00414. The summed E-state index contributed by atoms with van der Waals surface area (Å²) in [5.41, 5.74) is 7.10. The predicted molar refractivity (Wildman–Crippen MR) is 55.4 cm³/mol. The number of methoxy groups -OCH3 is 1. The summed E-state index contributed by atoms with van der Waals surface area (Å²) in [4.78, 5) is 4.19. The van der Waals surface area contributed by atoms with Crippen LogP contribution in [-0.4, -0.2) is 24.8 Å². The van der Waals surface area contributed by atoms with Crippen LogP contribution in [0.25, 0.3) is 0 Å². The van der Waals surface area contributed by atoms with Crippen molar-refractivity contribution in [1.82, 2.24) is 4.98 Å². The number of rotatable bonds is 4. The van der Waals surface area contributed by atoms with Gasteiger partial charge in [0.25, 0.3) is 0 Å². The van der Waals surface area contributed by atoms with E-state index in [1.165, 1.54) is 0 Å². The lowest BCUT2D eigenvalue weighted by atomic mass is 10.3. The highest BCUT2D eigenvalue weighted by atomic mass is 16.5. The minimum atomic E-state index is -0.00414. The summed E-state index contributed by atoms with van der Waals surface area (Å²) in [5.74, 6) is 0.584. The van der Waals surface area contributed by atoms with E-state index in [0.717, 1.165) is 5.69 Å². The molecule has 0 amide bonds. The number of nitrogens with two attached hydrogens (primary N) is 1. The first-order chi connectivity index (χ1) is 6.63. The van der Waals surface area contributed by atoms with Crippen molar-refractivity contribution in [3.8, 4) is 5.88 Å². The maximum absolute atomic E-state index is 5.64. The van der Waals surface area contributed by atoms with E-state index in [0.29, 0.717) is 18.2 Å². The Hall–Kier alpha value is -1.29. The third-order valence-electron chi connectivity index (χ3n) is 1.82. The largest absolute Gasteiger partial charge is 0.472 e. The van der Waals surface area contributed by atoms with E-state index in [-0.39, 0.29) is 6.10 Å². The van der Waals surface area contributed by atoms with Crippen LogP contribution in [0.2, 0.25) is 0 Å². The summed E-state index contributed by atoms with van der Waals surface area (Å²) >= 11 is 0. The highest BCUT2D eigenvalue weighted by Gasteiger charge is 2.05. The summed E-state index contributed by atoms with van der Waals surface area (Å²) in [6, 6.07) is 3.55. The Morgan fingerprint density at radius 1 is 1.50 bits per heavy atom. The van der Waals surface area contributed by atoms with Gasteiger partial charge in [0.15, 0.2) is 0 Å². The monoisotopic (exact) mass is 196 g/mol. The van der Waals surface area contributed by atoms with Gasteiger partial charge in [-0.05, 0) is 19.9 Å². The van der Waals surface area contributed by atoms with Crippen molar-refractivity contribution in [3.05, 3.63) is 17.8 Å². The molecule has 0 aliphatic carbocycles. The second-order valence-electron chi connectivity index (χ2n) is 3.21. The Balaban J connectivity index is 2.63. The first-order valence-electron chi connectivity index (χ1n) is 4.52. The minimum Gasteiger partial charge on any atom is -0.472 e. The molecule has 4 heteroatoms. The Morgan fingerprint density at radius 2 is 2.21 bits per heavy atom. The van der Waals surface area contributed by atoms with Crippen LogP contribution in [0.15, 0.2) is 12.1 Å². The van der Waals surface area contributed by atoms with Gasteiger partial charge in [-0.2, -0.15) is 0 Å². The van der Waals surface area contributed by atoms with Crippen molar-refractivity contribution in [2.75, 3.05) is 19.5 Å². The van der Waals surface area contributed by atoms with Gasteiger partial charge < -0.3 is 15.2 Å². The average Bonchev–Trinajstić information content (AvgIpc) is 2.12. The summed E-state index contributed by atoms with van der Waals surface area (Å²) in [6.07, 6.45) is -0.00414. The molecule has 0 bridgehead atoms. The van der Waals surface area contributed by atoms with Gasteiger partial charge in [-0.15, -0.1) is 0 Å². The van der Waals surface area contributed by atoms with Gasteiger partial charge in [0.2, 0.25) is 5.88 Å². The van der Waals surface area contributed by atoms with E-state index < -0.39 is 0 Å². The number of hydrogen-bond acceptors (Lipinski definition) is 4. The lowest BCUT2D eigenvalue weighted by molar-refractivity contribution is 0.0889. The molecule has 78 valence electrons. The van der Waals surface area contributed by atoms with E-state index in [1.54, 1.807) is 19.2 Å². The second-order valence-corrected chi connectivity index (χ2v) is 3.21. The number of anilines is 1. The van der Waals surface area contributed by atoms with Crippen LogP contribution >= 0.6 is 0 Å². The fourth-order valence-electron chi connectivity index (χ4n) is 1.09. The van der Waals surface area contributed by atoms with E-state index >= 15 is 0 Å². The van der Waals surface area contributed by atoms with Gasteiger partial charge in [-0.3, -0.25) is 0 Å². The summed E-state index contributed by atoms with van der Waals surface area (Å²) in [7, 11) is 1.64. The van der Waals surface area contributed by atoms with Crippen LogP contribution in [0, 0.1) is 6.92 Å². The molecule has 1 aromatic heterocycles. The molecule has 0 radical (unpaired) electrons. The van der Waals surface area contributed by atoms with Gasteiger partial charge in [-0.1, -0.05) is 0 Å². The molecular formula is C10H16N2O2. The SMILES string of the molecule is COCC(C)Oc1ccc(N)c(C)n1. The number of hydrogen-bond donors (Lipinski definition) is 1. The molecular weight excluding hydrogens is 180 g/mol. The van der Waals surface area contributed by atoms with Gasteiger partial charge >= 0.3 is 0 Å². The summed E-state index contributed by atoms with van der Waals surface area (Å²) < 4.78 is 10.5. The molecule has 0 saturated heterocycles. The van der Waals surface area contributed by atoms with Crippen molar-refractivity contribution >= 4 is 5.69 Å². The van der Waals surface area contributed by atoms with Crippen LogP contribution in [0.5, 0.6) is 5.88 Å². The smallest absolute Gasteiger partial charge is 0.213 e. The Morgan fingerprint density at radius 3 is 2.79 bits per heavy atom. The molecule has 1 heterocycles. The van der Waals surface area contributed by atoms with E-state index in [1.807, 2.05) is 13.8 Å². The Kier molecular flexibility index (Phi) is 3.71. The van der Waals surface area contributed by atoms with Gasteiger partial charge in [0, 0.05) is 13.2 Å². The first kappa shape index (κ1) is 10.8. The third kappa shape index (κ3) is 2.88. The summed E-state index contributed by atoms with van der Waals surface area (Å²) in [5, 5.41) is 0. The molecule has 0 saturated carbocycles. The quantitative estimate of drug-likeness (QED) is 0.790. The Labute approximate surface area is 84.0 Å². The lowest BCUT2D eigenvalue weighted by Gasteiger charge is -2.13. The Bertz CT molecular complexity index is 302. The molecule has 1 aromatic rings. The molecule has 0 spiro atoms. The standard InChI is InChI=1S/C10H16N2O2/c1-7(6-13-3)14-10-5-4-9(11)8(2)12-10/h4-5,7H,6,11H2,1-3H3. The van der Waals surface area contributed by atoms with E-state index in [2.05, 4.69) is 4.98 Å². The van der Waals surface area contributed by atoms with Crippen molar-refractivity contribution in [3.63, 3.8) is 0 Å². The van der Waals surface area contributed by atoms with Crippen LogP contribution < -0.4 is 10.5 Å². The second kappa shape index (κ2) is 4.81. The molecule has 0 aliphatic heterocycles. The van der Waals surface area contributed by atoms with Crippen molar-refractivity contribution in [1.29, 1.82) is 0 Å². The lowest BCUT2D eigenvalue weighted by Crippen LogP contribution is -2.18. The van der Waals surface area contributed by atoms with Crippen LogP contribution in [0.3, 0.4) is 0 Å². The molecule has 2 N–H and O–H groups in total. The number of aryl methyl sites for hydroxylation is 1. The van der Waals surface area contributed by atoms with Crippen molar-refractivity contribution in [2.45, 2.75) is 20.0 Å². The highest BCUT2D eigenvalue weighted by molar-refractivity contribution is 5.43. The van der Waals surface area contributed by atoms with E-state index in [9.17, 15) is 0 Å². The molecule has 4 nitrogen and oxygen atoms in total. The summed E-state index contributed by atoms with van der Waals surface area (Å²) in [6.45, 7) is 4.32. The third-order valence-corrected chi connectivity index (χ3v) is 1.82.